The average molecular weight is 238 g/mol. The highest BCUT2D eigenvalue weighted by Crippen LogP contribution is 2.40. The van der Waals surface area contributed by atoms with Gasteiger partial charge in [0, 0.05) is 0 Å². The normalized spacial score (nSPS) is 27.9. The van der Waals surface area contributed by atoms with Crippen molar-refractivity contribution in [2.24, 2.45) is 5.92 Å². The fourth-order valence-corrected chi connectivity index (χ4v) is 3.92. The van der Waals surface area contributed by atoms with Crippen LogP contribution in [0.1, 0.15) is 70.6 Å². The molecule has 0 aromatic rings. The third-order valence-electron chi connectivity index (χ3n) is 4.43. The summed E-state index contributed by atoms with van der Waals surface area (Å²) in [5.74, 6) is 0.965. The molecule has 0 radical (unpaired) electrons. The van der Waals surface area contributed by atoms with Crippen LogP contribution in [0.25, 0.3) is 0 Å². The Balaban J connectivity index is 2.00. The van der Waals surface area contributed by atoms with Crippen molar-refractivity contribution in [3.63, 3.8) is 0 Å². The Labute approximate surface area is 103 Å². The van der Waals surface area contributed by atoms with Crippen LogP contribution in [0.5, 0.6) is 0 Å². The SMILES string of the molecule is PCCC1CCC2=C1CCCCCCCC2. The molecule has 0 N–H and O–H groups in total. The van der Waals surface area contributed by atoms with Gasteiger partial charge >= 0.3 is 0 Å². The van der Waals surface area contributed by atoms with Crippen molar-refractivity contribution in [1.82, 2.24) is 0 Å². The van der Waals surface area contributed by atoms with Crippen molar-refractivity contribution in [2.45, 2.75) is 70.6 Å². The van der Waals surface area contributed by atoms with E-state index in [2.05, 4.69) is 9.24 Å². The second-order valence-electron chi connectivity index (χ2n) is 5.56. The van der Waals surface area contributed by atoms with Crippen molar-refractivity contribution in [3.05, 3.63) is 11.1 Å². The van der Waals surface area contributed by atoms with Crippen LogP contribution in [-0.2, 0) is 0 Å². The Hall–Kier alpha value is 0.170. The van der Waals surface area contributed by atoms with Crippen LogP contribution in [0.15, 0.2) is 11.1 Å². The molecule has 0 heterocycles. The van der Waals surface area contributed by atoms with E-state index in [4.69, 9.17) is 0 Å². The third kappa shape index (κ3) is 3.33. The molecule has 0 nitrogen and oxygen atoms in total. The number of rotatable bonds is 2. The second-order valence-corrected chi connectivity index (χ2v) is 6.14. The highest BCUT2D eigenvalue weighted by Gasteiger charge is 2.23. The van der Waals surface area contributed by atoms with Crippen LogP contribution in [0.4, 0.5) is 0 Å². The van der Waals surface area contributed by atoms with E-state index in [1.165, 1.54) is 76.8 Å². The molecule has 0 saturated heterocycles. The predicted molar refractivity (Wildman–Crippen MR) is 75.9 cm³/mol. The van der Waals surface area contributed by atoms with Crippen molar-refractivity contribution in [3.8, 4) is 0 Å². The molecule has 0 aliphatic heterocycles. The largest absolute Gasteiger partial charge is 0.138 e. The minimum Gasteiger partial charge on any atom is -0.138 e. The zero-order chi connectivity index (χ0) is 11.2. The minimum absolute atomic E-state index is 0.965. The molecule has 92 valence electrons. The Bertz CT molecular complexity index is 242. The van der Waals surface area contributed by atoms with Gasteiger partial charge in [0.15, 0.2) is 0 Å². The fourth-order valence-electron chi connectivity index (χ4n) is 3.52. The molecule has 16 heavy (non-hydrogen) atoms. The van der Waals surface area contributed by atoms with E-state index < -0.39 is 0 Å². The first-order valence-electron chi connectivity index (χ1n) is 7.32. The standard InChI is InChI=1S/C15H27P/c16-12-11-14-10-9-13-7-5-3-1-2-4-6-8-15(13)14/h14H,1-12,16H2. The lowest BCUT2D eigenvalue weighted by Crippen LogP contribution is -2.01. The van der Waals surface area contributed by atoms with E-state index in [0.717, 1.165) is 5.92 Å². The van der Waals surface area contributed by atoms with Crippen LogP contribution in [0, 0.1) is 5.92 Å². The molecule has 2 atom stereocenters. The molecular weight excluding hydrogens is 211 g/mol. The van der Waals surface area contributed by atoms with E-state index in [0.29, 0.717) is 0 Å². The lowest BCUT2D eigenvalue weighted by molar-refractivity contribution is 0.542. The molecule has 2 unspecified atom stereocenters. The second kappa shape index (κ2) is 6.80. The van der Waals surface area contributed by atoms with Crippen LogP contribution in [0.2, 0.25) is 0 Å². The summed E-state index contributed by atoms with van der Waals surface area (Å²) >= 11 is 0. The van der Waals surface area contributed by atoms with E-state index in [1.807, 2.05) is 11.1 Å². The Morgan fingerprint density at radius 3 is 2.31 bits per heavy atom. The van der Waals surface area contributed by atoms with Gasteiger partial charge in [-0.1, -0.05) is 36.8 Å². The Kier molecular flexibility index (Phi) is 5.36. The molecule has 0 saturated carbocycles. The molecule has 1 heteroatoms. The Morgan fingerprint density at radius 2 is 1.56 bits per heavy atom. The molecule has 0 fully saturated rings. The van der Waals surface area contributed by atoms with Crippen LogP contribution >= 0.6 is 9.24 Å². The quantitative estimate of drug-likeness (QED) is 0.464. The highest BCUT2D eigenvalue weighted by atomic mass is 31.0. The molecule has 2 rings (SSSR count). The summed E-state index contributed by atoms with van der Waals surface area (Å²) in [5.41, 5.74) is 3.79. The monoisotopic (exact) mass is 238 g/mol. The molecule has 0 amide bonds. The van der Waals surface area contributed by atoms with E-state index >= 15 is 0 Å². The highest BCUT2D eigenvalue weighted by molar-refractivity contribution is 7.16. The Morgan fingerprint density at radius 1 is 0.875 bits per heavy atom. The van der Waals surface area contributed by atoms with Gasteiger partial charge < -0.3 is 0 Å². The van der Waals surface area contributed by atoms with Crippen molar-refractivity contribution < 1.29 is 0 Å². The van der Waals surface area contributed by atoms with Gasteiger partial charge in [0.25, 0.3) is 0 Å². The van der Waals surface area contributed by atoms with Crippen LogP contribution in [-0.4, -0.2) is 6.16 Å². The first kappa shape index (κ1) is 12.6. The summed E-state index contributed by atoms with van der Waals surface area (Å²) < 4.78 is 0. The van der Waals surface area contributed by atoms with E-state index in [-0.39, 0.29) is 0 Å². The molecule has 0 spiro atoms. The van der Waals surface area contributed by atoms with Gasteiger partial charge in [-0.3, -0.25) is 0 Å². The summed E-state index contributed by atoms with van der Waals surface area (Å²) in [6.45, 7) is 0. The number of allylic oxidation sites excluding steroid dienone is 2. The summed E-state index contributed by atoms with van der Waals surface area (Å²) in [6, 6.07) is 0. The minimum atomic E-state index is 0.965. The zero-order valence-electron chi connectivity index (χ0n) is 10.6. The lowest BCUT2D eigenvalue weighted by atomic mass is 9.90. The van der Waals surface area contributed by atoms with E-state index in [9.17, 15) is 0 Å². The maximum Gasteiger partial charge on any atom is -0.0194 e. The van der Waals surface area contributed by atoms with Crippen molar-refractivity contribution in [1.29, 1.82) is 0 Å². The predicted octanol–water partition coefficient (Wildman–Crippen LogP) is 5.09. The molecule has 2 aliphatic rings. The maximum atomic E-state index is 2.91. The van der Waals surface area contributed by atoms with E-state index in [1.54, 1.807) is 0 Å². The molecule has 0 bridgehead atoms. The zero-order valence-corrected chi connectivity index (χ0v) is 11.8. The average Bonchev–Trinajstić information content (AvgIpc) is 2.68. The summed E-state index contributed by atoms with van der Waals surface area (Å²) in [4.78, 5) is 0. The van der Waals surface area contributed by atoms with Gasteiger partial charge in [0.1, 0.15) is 0 Å². The molecule has 0 aromatic carbocycles. The van der Waals surface area contributed by atoms with Gasteiger partial charge in [-0.25, -0.2) is 0 Å². The molecular formula is C15H27P. The molecule has 2 aliphatic carbocycles. The fraction of sp³-hybridized carbons (Fsp3) is 0.867. The van der Waals surface area contributed by atoms with Gasteiger partial charge in [-0.2, -0.15) is 0 Å². The summed E-state index contributed by atoms with van der Waals surface area (Å²) in [6.07, 6.45) is 17.3. The number of hydrogen-bond acceptors (Lipinski definition) is 0. The van der Waals surface area contributed by atoms with Crippen LogP contribution < -0.4 is 0 Å². The smallest absolute Gasteiger partial charge is 0.0194 e. The van der Waals surface area contributed by atoms with Gasteiger partial charge in [0.05, 0.1) is 0 Å². The third-order valence-corrected chi connectivity index (χ3v) is 4.76. The lowest BCUT2D eigenvalue weighted by Gasteiger charge is -2.16. The number of hydrogen-bond donors (Lipinski definition) is 0. The maximum absolute atomic E-state index is 2.91. The topological polar surface area (TPSA) is 0 Å². The van der Waals surface area contributed by atoms with Crippen LogP contribution in [0.3, 0.4) is 0 Å². The first-order valence-corrected chi connectivity index (χ1v) is 8.14. The van der Waals surface area contributed by atoms with Gasteiger partial charge in [0.2, 0.25) is 0 Å². The summed E-state index contributed by atoms with van der Waals surface area (Å²) in [5, 5.41) is 0. The summed E-state index contributed by atoms with van der Waals surface area (Å²) in [7, 11) is 2.91. The van der Waals surface area contributed by atoms with Gasteiger partial charge in [-0.05, 0) is 57.0 Å². The van der Waals surface area contributed by atoms with Gasteiger partial charge in [-0.15, -0.1) is 9.24 Å². The van der Waals surface area contributed by atoms with Crippen molar-refractivity contribution in [2.75, 3.05) is 6.16 Å². The van der Waals surface area contributed by atoms with Crippen molar-refractivity contribution >= 4 is 9.24 Å². The first-order chi connectivity index (χ1) is 7.92. The molecule has 0 aromatic heterocycles.